The molecule has 3 N–H and O–H groups in total. The largest absolute Gasteiger partial charge is 0.478 e. The summed E-state index contributed by atoms with van der Waals surface area (Å²) in [6.07, 6.45) is 1.72. The smallest absolute Gasteiger partial charge is 0.338 e. The summed E-state index contributed by atoms with van der Waals surface area (Å²) in [5.74, 6) is -0.711. The van der Waals surface area contributed by atoms with Crippen molar-refractivity contribution in [3.05, 3.63) is 131 Å². The van der Waals surface area contributed by atoms with E-state index in [1.165, 1.54) is 23.9 Å². The number of pyridine rings is 2. The zero-order valence-electron chi connectivity index (χ0n) is 25.4. The fraction of sp³-hybridized carbons (Fsp3) is 0.229. The molecule has 0 amide bonds. The molecular formula is C35H33N3O7S2. The fourth-order valence-electron chi connectivity index (χ4n) is 5.48. The van der Waals surface area contributed by atoms with Crippen molar-refractivity contribution in [1.82, 2.24) is 14.7 Å². The van der Waals surface area contributed by atoms with E-state index in [4.69, 9.17) is 9.47 Å². The molecule has 4 atom stereocenters. The number of aromatic nitrogens is 2. The van der Waals surface area contributed by atoms with Crippen LogP contribution in [0.3, 0.4) is 0 Å². The first-order valence-electron chi connectivity index (χ1n) is 15.0. The molecule has 1 saturated heterocycles. The third-order valence-electron chi connectivity index (χ3n) is 8.11. The average Bonchev–Trinajstić information content (AvgIpc) is 3.10. The molecule has 0 spiro atoms. The molecule has 2 aromatic heterocycles. The zero-order chi connectivity index (χ0) is 33.0. The maximum absolute atomic E-state index is 13.2. The Morgan fingerprint density at radius 1 is 0.872 bits per heavy atom. The van der Waals surface area contributed by atoms with Crippen LogP contribution in [0.2, 0.25) is 0 Å². The summed E-state index contributed by atoms with van der Waals surface area (Å²) in [5.41, 5.74) is 3.75. The molecule has 0 saturated carbocycles. The van der Waals surface area contributed by atoms with Crippen LogP contribution in [0.4, 0.5) is 0 Å². The Morgan fingerprint density at radius 3 is 2.30 bits per heavy atom. The van der Waals surface area contributed by atoms with Crippen LogP contribution in [0.1, 0.15) is 51.9 Å². The lowest BCUT2D eigenvalue weighted by molar-refractivity contribution is -0.268. The predicted molar refractivity (Wildman–Crippen MR) is 177 cm³/mol. The minimum Gasteiger partial charge on any atom is -0.478 e. The van der Waals surface area contributed by atoms with Crippen LogP contribution >= 0.6 is 11.8 Å². The van der Waals surface area contributed by atoms with Gasteiger partial charge in [0, 0.05) is 41.6 Å². The van der Waals surface area contributed by atoms with Gasteiger partial charge in [0.05, 0.1) is 29.9 Å². The Kier molecular flexibility index (Phi) is 9.97. The van der Waals surface area contributed by atoms with Crippen LogP contribution in [0.15, 0.2) is 113 Å². The van der Waals surface area contributed by atoms with E-state index in [2.05, 4.69) is 14.7 Å². The van der Waals surface area contributed by atoms with Crippen LogP contribution in [0.25, 0.3) is 10.9 Å². The molecule has 47 heavy (non-hydrogen) atoms. The number of rotatable bonds is 11. The molecule has 3 aromatic carbocycles. The molecule has 0 bridgehead atoms. The van der Waals surface area contributed by atoms with E-state index < -0.39 is 22.3 Å². The average molecular weight is 672 g/mol. The maximum Gasteiger partial charge on any atom is 0.338 e. The summed E-state index contributed by atoms with van der Waals surface area (Å²) in [6, 6.07) is 26.7. The molecule has 242 valence electrons. The Hall–Kier alpha value is -4.17. The number of thioether (sulfide) groups is 1. The van der Waals surface area contributed by atoms with Crippen molar-refractivity contribution in [2.24, 2.45) is 5.92 Å². The normalized spacial score (nSPS) is 19.9. The predicted octanol–water partition coefficient (Wildman–Crippen LogP) is 5.88. The number of aliphatic hydroxyl groups excluding tert-OH is 1. The van der Waals surface area contributed by atoms with Crippen LogP contribution in [-0.4, -0.2) is 46.4 Å². The van der Waals surface area contributed by atoms with Gasteiger partial charge in [-0.1, -0.05) is 73.7 Å². The number of hydrogen-bond acceptors (Lipinski definition) is 9. The molecule has 4 unspecified atom stereocenters. The number of carbonyl (C=O) groups is 1. The van der Waals surface area contributed by atoms with Gasteiger partial charge in [0.1, 0.15) is 9.92 Å². The Balaban J connectivity index is 1.20. The van der Waals surface area contributed by atoms with Crippen molar-refractivity contribution in [3.8, 4) is 0 Å². The standard InChI is InChI=1S/C35H33N3O7S2/c1-22-29(21-46-33-28(34(40)41)7-4-18-37-33)44-35(45-32(22)26-13-11-24(20-39)12-14-26)27-15-9-23(10-16-27)19-38-47(42,43)30-8-2-5-25-6-3-17-36-31(25)30/h2-18,22,29,32,35,38-39H,19-21H2,1H3,(H,40,41). The molecule has 0 aliphatic carbocycles. The SMILES string of the molecule is CC1C(CSc2ncccc2C(=O)O)OC(c2ccc(CNS(=O)(=O)c3cccc4cccnc34)cc2)OC1c1ccc(CO)cc1. The summed E-state index contributed by atoms with van der Waals surface area (Å²) in [7, 11) is -3.83. The topological polar surface area (TPSA) is 148 Å². The Morgan fingerprint density at radius 2 is 1.55 bits per heavy atom. The number of carboxylic acid groups (broad SMARTS) is 1. The second-order valence-electron chi connectivity index (χ2n) is 11.2. The highest BCUT2D eigenvalue weighted by atomic mass is 32.2. The van der Waals surface area contributed by atoms with Crippen molar-refractivity contribution >= 4 is 38.7 Å². The summed E-state index contributed by atoms with van der Waals surface area (Å²) in [4.78, 5) is 20.4. The number of hydrogen-bond donors (Lipinski definition) is 3. The van der Waals surface area contributed by atoms with E-state index in [0.717, 1.165) is 27.6 Å². The summed E-state index contributed by atoms with van der Waals surface area (Å²) in [6.45, 7) is 2.04. The van der Waals surface area contributed by atoms with Gasteiger partial charge < -0.3 is 19.7 Å². The van der Waals surface area contributed by atoms with Crippen molar-refractivity contribution < 1.29 is 32.9 Å². The van der Waals surface area contributed by atoms with Crippen molar-refractivity contribution in [1.29, 1.82) is 0 Å². The van der Waals surface area contributed by atoms with Crippen molar-refractivity contribution in [2.75, 3.05) is 5.75 Å². The van der Waals surface area contributed by atoms with E-state index in [1.807, 2.05) is 67.6 Å². The van der Waals surface area contributed by atoms with Crippen molar-refractivity contribution in [2.45, 2.75) is 48.5 Å². The van der Waals surface area contributed by atoms with E-state index in [1.54, 1.807) is 30.6 Å². The van der Waals surface area contributed by atoms with Crippen LogP contribution in [0.5, 0.6) is 0 Å². The van der Waals surface area contributed by atoms with Gasteiger partial charge in [0.25, 0.3) is 0 Å². The van der Waals surface area contributed by atoms with E-state index in [9.17, 15) is 23.4 Å². The van der Waals surface area contributed by atoms with Gasteiger partial charge in [-0.05, 0) is 41.0 Å². The number of ether oxygens (including phenoxy) is 2. The number of aromatic carboxylic acids is 1. The number of nitrogens with zero attached hydrogens (tertiary/aromatic N) is 2. The number of aliphatic hydroxyl groups is 1. The molecule has 1 aliphatic heterocycles. The monoisotopic (exact) mass is 671 g/mol. The molecular weight excluding hydrogens is 639 g/mol. The van der Waals surface area contributed by atoms with E-state index in [-0.39, 0.29) is 41.7 Å². The minimum absolute atomic E-state index is 0.0658. The first-order valence-corrected chi connectivity index (χ1v) is 17.4. The minimum atomic E-state index is -3.83. The summed E-state index contributed by atoms with van der Waals surface area (Å²) in [5, 5.41) is 20.3. The number of benzene rings is 3. The van der Waals surface area contributed by atoms with Gasteiger partial charge in [0.15, 0.2) is 6.29 Å². The quantitative estimate of drug-likeness (QED) is 0.145. The third kappa shape index (κ3) is 7.38. The summed E-state index contributed by atoms with van der Waals surface area (Å²) < 4.78 is 42.1. The highest BCUT2D eigenvalue weighted by Gasteiger charge is 2.38. The molecule has 3 heterocycles. The lowest BCUT2D eigenvalue weighted by Gasteiger charge is -2.41. The van der Waals surface area contributed by atoms with E-state index in [0.29, 0.717) is 16.3 Å². The number of carboxylic acids is 1. The first-order chi connectivity index (χ1) is 22.7. The Labute approximate surface area is 276 Å². The number of sulfonamides is 1. The van der Waals surface area contributed by atoms with Gasteiger partial charge in [-0.15, -0.1) is 11.8 Å². The lowest BCUT2D eigenvalue weighted by atomic mass is 9.91. The second-order valence-corrected chi connectivity index (χ2v) is 13.9. The van der Waals surface area contributed by atoms with Gasteiger partial charge in [-0.25, -0.2) is 22.9 Å². The maximum atomic E-state index is 13.2. The lowest BCUT2D eigenvalue weighted by Crippen LogP contribution is -2.38. The molecule has 12 heteroatoms. The number of nitrogens with one attached hydrogen (secondary N) is 1. The van der Waals surface area contributed by atoms with Gasteiger partial charge in [-0.3, -0.25) is 4.98 Å². The van der Waals surface area contributed by atoms with Crippen LogP contribution in [-0.2, 0) is 32.6 Å². The zero-order valence-corrected chi connectivity index (χ0v) is 27.0. The molecule has 1 aliphatic rings. The van der Waals surface area contributed by atoms with Gasteiger partial charge >= 0.3 is 5.97 Å². The molecule has 6 rings (SSSR count). The molecule has 5 aromatic rings. The fourth-order valence-corrected chi connectivity index (χ4v) is 7.83. The number of fused-ring (bicyclic) bond motifs is 1. The number of para-hydroxylation sites is 1. The van der Waals surface area contributed by atoms with Gasteiger partial charge in [0.2, 0.25) is 10.0 Å². The van der Waals surface area contributed by atoms with E-state index >= 15 is 0 Å². The van der Waals surface area contributed by atoms with Gasteiger partial charge in [-0.2, -0.15) is 0 Å². The second kappa shape index (κ2) is 14.3. The molecule has 10 nitrogen and oxygen atoms in total. The van der Waals surface area contributed by atoms with Crippen LogP contribution in [0, 0.1) is 5.92 Å². The van der Waals surface area contributed by atoms with Crippen molar-refractivity contribution in [3.63, 3.8) is 0 Å². The highest BCUT2D eigenvalue weighted by Crippen LogP contribution is 2.43. The molecule has 0 radical (unpaired) electrons. The third-order valence-corrected chi connectivity index (χ3v) is 10.6. The first kappa shape index (κ1) is 32.8. The van der Waals surface area contributed by atoms with Crippen LogP contribution < -0.4 is 4.72 Å². The highest BCUT2D eigenvalue weighted by molar-refractivity contribution is 7.99. The summed E-state index contributed by atoms with van der Waals surface area (Å²) >= 11 is 1.32. The molecule has 1 fully saturated rings. The Bertz CT molecular complexity index is 1970.